The summed E-state index contributed by atoms with van der Waals surface area (Å²) in [5.41, 5.74) is 9.43. The molecular weight excluding hydrogens is 400 g/mol. The van der Waals surface area contributed by atoms with E-state index in [-0.39, 0.29) is 12.6 Å². The largest absolute Gasteiger partial charge is 0.618 e. The number of hydrogen-bond donors (Lipinski definition) is 3. The van der Waals surface area contributed by atoms with E-state index in [1.165, 1.54) is 13.3 Å². The summed E-state index contributed by atoms with van der Waals surface area (Å²) in [7, 11) is 1.28. The van der Waals surface area contributed by atoms with Crippen LogP contribution in [-0.4, -0.2) is 31.8 Å². The molecule has 0 unspecified atom stereocenters. The summed E-state index contributed by atoms with van der Waals surface area (Å²) in [4.78, 5) is 24.2. The molecule has 0 saturated carbocycles. The van der Waals surface area contributed by atoms with Gasteiger partial charge in [-0.3, -0.25) is 5.32 Å². The minimum Gasteiger partial charge on any atom is -0.618 e. The zero-order chi connectivity index (χ0) is 22.4. The first-order valence-electron chi connectivity index (χ1n) is 10.3. The van der Waals surface area contributed by atoms with Crippen LogP contribution in [0, 0.1) is 5.21 Å². The maximum Gasteiger partial charge on any atom is 0.411 e. The lowest BCUT2D eigenvalue weighted by molar-refractivity contribution is -0.615. The third kappa shape index (κ3) is 5.43. The highest BCUT2D eigenvalue weighted by molar-refractivity contribution is 5.90. The van der Waals surface area contributed by atoms with Crippen molar-refractivity contribution in [2.75, 3.05) is 24.4 Å². The van der Waals surface area contributed by atoms with Crippen LogP contribution in [0.15, 0.2) is 36.5 Å². The normalized spacial score (nSPS) is 18.4. The number of nitrogens with two attached hydrogens (primary N) is 1. The van der Waals surface area contributed by atoms with Gasteiger partial charge in [-0.25, -0.2) is 9.59 Å². The second-order valence-corrected chi connectivity index (χ2v) is 7.38. The monoisotopic (exact) mass is 428 g/mol. The van der Waals surface area contributed by atoms with E-state index < -0.39 is 18.2 Å². The van der Waals surface area contributed by atoms with Crippen molar-refractivity contribution < 1.29 is 23.8 Å². The number of nitrogens with zero attached hydrogens (tertiary/aromatic N) is 1. The molecule has 2 aromatic rings. The van der Waals surface area contributed by atoms with Gasteiger partial charge in [0.25, 0.3) is 0 Å². The quantitative estimate of drug-likeness (QED) is 0.389. The lowest BCUT2D eigenvalue weighted by Crippen LogP contribution is -2.36. The Labute approximate surface area is 181 Å². The Balaban J connectivity index is 2.09. The van der Waals surface area contributed by atoms with E-state index in [1.807, 2.05) is 0 Å². The van der Waals surface area contributed by atoms with E-state index in [0.29, 0.717) is 29.9 Å². The summed E-state index contributed by atoms with van der Waals surface area (Å²) >= 11 is 0. The molecule has 0 saturated heterocycles. The Hall–Kier alpha value is -3.33. The number of pyridine rings is 1. The topological polar surface area (TPSA) is 130 Å². The second kappa shape index (κ2) is 10.1. The number of carbonyl (C=O) groups excluding carboxylic acids is 2. The van der Waals surface area contributed by atoms with E-state index in [0.717, 1.165) is 28.7 Å². The molecule has 0 spiro atoms. The van der Waals surface area contributed by atoms with Gasteiger partial charge in [-0.05, 0) is 37.5 Å². The number of rotatable bonds is 3. The van der Waals surface area contributed by atoms with E-state index in [1.54, 1.807) is 37.3 Å². The minimum atomic E-state index is -0.601. The molecule has 166 valence electrons. The van der Waals surface area contributed by atoms with Crippen molar-refractivity contribution in [3.05, 3.63) is 47.4 Å². The van der Waals surface area contributed by atoms with Gasteiger partial charge in [0.2, 0.25) is 5.69 Å². The van der Waals surface area contributed by atoms with E-state index in [9.17, 15) is 14.8 Å². The van der Waals surface area contributed by atoms with Gasteiger partial charge in [-0.2, -0.15) is 4.73 Å². The third-order valence-corrected chi connectivity index (χ3v) is 5.25. The maximum absolute atomic E-state index is 12.6. The molecule has 2 bridgehead atoms. The summed E-state index contributed by atoms with van der Waals surface area (Å²) in [6.45, 7) is 2.05. The Morgan fingerprint density at radius 2 is 2.03 bits per heavy atom. The van der Waals surface area contributed by atoms with Crippen molar-refractivity contribution in [1.29, 1.82) is 0 Å². The van der Waals surface area contributed by atoms with Crippen LogP contribution in [0.3, 0.4) is 0 Å². The number of ether oxygens (including phenoxy) is 2. The summed E-state index contributed by atoms with van der Waals surface area (Å²) in [5.74, 6) is -0.340. The molecule has 31 heavy (non-hydrogen) atoms. The van der Waals surface area contributed by atoms with Crippen molar-refractivity contribution >= 4 is 23.4 Å². The summed E-state index contributed by atoms with van der Waals surface area (Å²) in [6, 6.07) is 7.75. The lowest BCUT2D eigenvalue weighted by atomic mass is 9.97. The van der Waals surface area contributed by atoms with E-state index >= 15 is 0 Å². The molecule has 1 aliphatic heterocycles. The van der Waals surface area contributed by atoms with Crippen molar-refractivity contribution in [3.8, 4) is 11.1 Å². The van der Waals surface area contributed by atoms with Crippen molar-refractivity contribution in [3.63, 3.8) is 0 Å². The highest BCUT2D eigenvalue weighted by atomic mass is 16.5. The molecule has 3 rings (SSSR count). The highest BCUT2D eigenvalue weighted by Crippen LogP contribution is 2.33. The summed E-state index contributed by atoms with van der Waals surface area (Å²) in [5, 5.41) is 18.2. The molecule has 1 aromatic carbocycles. The number of methoxy groups -OCH3 is 1. The van der Waals surface area contributed by atoms with Crippen LogP contribution in [0.2, 0.25) is 0 Å². The van der Waals surface area contributed by atoms with Crippen LogP contribution in [0.4, 0.5) is 16.2 Å². The van der Waals surface area contributed by atoms with Gasteiger partial charge in [-0.15, -0.1) is 0 Å². The van der Waals surface area contributed by atoms with Gasteiger partial charge in [-0.1, -0.05) is 18.9 Å². The number of nitrogens with one attached hydrogen (secondary N) is 2. The molecule has 1 aliphatic rings. The van der Waals surface area contributed by atoms with Crippen LogP contribution in [0.25, 0.3) is 11.1 Å². The first-order chi connectivity index (χ1) is 14.9. The molecule has 2 atom stereocenters. The fourth-order valence-electron chi connectivity index (χ4n) is 3.65. The molecule has 0 fully saturated rings. The first-order valence-corrected chi connectivity index (χ1v) is 10.3. The van der Waals surface area contributed by atoms with Gasteiger partial charge in [0.15, 0.2) is 6.20 Å². The number of fused-ring (bicyclic) bond motifs is 4. The number of aromatic nitrogens is 1. The fourth-order valence-corrected chi connectivity index (χ4v) is 3.65. The van der Waals surface area contributed by atoms with Gasteiger partial charge >= 0.3 is 12.1 Å². The molecule has 4 N–H and O–H groups in total. The molecular formula is C22H28N4O5. The minimum absolute atomic E-state index is 0.282. The maximum atomic E-state index is 12.6. The molecule has 0 aliphatic carbocycles. The average molecular weight is 428 g/mol. The van der Waals surface area contributed by atoms with E-state index in [4.69, 9.17) is 10.5 Å². The standard InChI is InChI=1S/C22H28N4O5/c1-3-31-21(27)18-7-5-4-6-17(23)20-12-14(10-11-26(20)29)16-9-8-15(13-19(16)25-18)24-22(28)30-2/h8-13,17-18,25H,3-7,23H2,1-2H3,(H,24,28)/t17-,18+/m0/s1. The Kier molecular flexibility index (Phi) is 7.30. The molecule has 9 nitrogen and oxygen atoms in total. The number of amides is 1. The number of carbonyl (C=O) groups is 2. The number of benzene rings is 1. The van der Waals surface area contributed by atoms with Gasteiger partial charge in [0.05, 0.1) is 19.8 Å². The predicted octanol–water partition coefficient (Wildman–Crippen LogP) is 3.08. The van der Waals surface area contributed by atoms with Crippen molar-refractivity contribution in [2.45, 2.75) is 44.7 Å². The second-order valence-electron chi connectivity index (χ2n) is 7.38. The number of hydrogen-bond acceptors (Lipinski definition) is 7. The van der Waals surface area contributed by atoms with Crippen molar-refractivity contribution in [2.24, 2.45) is 5.73 Å². The Bertz CT molecular complexity index is 949. The lowest BCUT2D eigenvalue weighted by Gasteiger charge is -2.23. The van der Waals surface area contributed by atoms with E-state index in [2.05, 4.69) is 15.4 Å². The van der Waals surface area contributed by atoms with Gasteiger partial charge in [0.1, 0.15) is 6.04 Å². The summed E-state index contributed by atoms with van der Waals surface area (Å²) < 4.78 is 10.7. The molecule has 1 amide bonds. The third-order valence-electron chi connectivity index (χ3n) is 5.25. The Morgan fingerprint density at radius 3 is 2.77 bits per heavy atom. The Morgan fingerprint density at radius 1 is 1.26 bits per heavy atom. The van der Waals surface area contributed by atoms with Gasteiger partial charge in [0, 0.05) is 29.1 Å². The van der Waals surface area contributed by atoms with Crippen LogP contribution in [-0.2, 0) is 14.3 Å². The average Bonchev–Trinajstić information content (AvgIpc) is 2.75. The number of anilines is 2. The molecule has 1 aromatic heterocycles. The van der Waals surface area contributed by atoms with Crippen LogP contribution >= 0.6 is 0 Å². The SMILES string of the molecule is CCOC(=O)[C@H]1CCCC[C@H](N)c2cc(cc[n+]2[O-])-c2ccc(NC(=O)OC)cc2N1. The van der Waals surface area contributed by atoms with Crippen LogP contribution in [0.5, 0.6) is 0 Å². The zero-order valence-electron chi connectivity index (χ0n) is 17.7. The van der Waals surface area contributed by atoms with Gasteiger partial charge < -0.3 is 25.7 Å². The molecule has 9 heteroatoms. The fraction of sp³-hybridized carbons (Fsp3) is 0.409. The van der Waals surface area contributed by atoms with Crippen LogP contribution < -0.4 is 21.1 Å². The number of esters is 1. The van der Waals surface area contributed by atoms with Crippen molar-refractivity contribution in [1.82, 2.24) is 0 Å². The predicted molar refractivity (Wildman–Crippen MR) is 116 cm³/mol. The molecule has 2 heterocycles. The zero-order valence-corrected chi connectivity index (χ0v) is 17.7. The molecule has 0 radical (unpaired) electrons. The first kappa shape index (κ1) is 22.4. The highest BCUT2D eigenvalue weighted by Gasteiger charge is 2.24. The summed E-state index contributed by atoms with van der Waals surface area (Å²) in [6.07, 6.45) is 3.51. The smallest absolute Gasteiger partial charge is 0.411 e. The van der Waals surface area contributed by atoms with Crippen LogP contribution in [0.1, 0.15) is 44.3 Å².